The number of nitrogens with zero attached hydrogens (tertiary/aromatic N) is 1. The van der Waals surface area contributed by atoms with E-state index in [1.54, 1.807) is 12.1 Å². The molecule has 1 heterocycles. The molecule has 0 radical (unpaired) electrons. The van der Waals surface area contributed by atoms with Gasteiger partial charge in [-0.2, -0.15) is 21.6 Å². The van der Waals surface area contributed by atoms with E-state index in [0.717, 1.165) is 25.7 Å². The maximum absolute atomic E-state index is 12.7. The Bertz CT molecular complexity index is 1210. The Kier molecular flexibility index (Phi) is 6.38. The summed E-state index contributed by atoms with van der Waals surface area (Å²) < 4.78 is 64.7. The Morgan fingerprint density at radius 1 is 1.03 bits per heavy atom. The van der Waals surface area contributed by atoms with Crippen molar-refractivity contribution in [1.29, 1.82) is 0 Å². The van der Waals surface area contributed by atoms with Crippen molar-refractivity contribution in [2.45, 2.75) is 44.5 Å². The van der Waals surface area contributed by atoms with E-state index in [1.807, 2.05) is 0 Å². The number of hydrogen-bond acceptors (Lipinski definition) is 5. The monoisotopic (exact) mass is 453 g/mol. The molecule has 0 fully saturated rings. The molecule has 0 aliphatic carbocycles. The number of imide groups is 1. The highest BCUT2D eigenvalue weighted by molar-refractivity contribution is 7.87. The minimum atomic E-state index is -6.21. The topological polar surface area (TPSA) is 80.8 Å². The van der Waals surface area contributed by atoms with E-state index >= 15 is 0 Å². The van der Waals surface area contributed by atoms with E-state index in [9.17, 15) is 31.2 Å². The zero-order valence-electron chi connectivity index (χ0n) is 16.5. The summed E-state index contributed by atoms with van der Waals surface area (Å²) in [5, 5.41) is 0.308. The Morgan fingerprint density at radius 3 is 2.42 bits per heavy atom. The van der Waals surface area contributed by atoms with Gasteiger partial charge in [-0.1, -0.05) is 50.2 Å². The molecule has 0 bridgehead atoms. The van der Waals surface area contributed by atoms with Gasteiger partial charge >= 0.3 is 15.6 Å². The lowest BCUT2D eigenvalue weighted by atomic mass is 9.93. The van der Waals surface area contributed by atoms with Crippen LogP contribution in [0.15, 0.2) is 30.3 Å². The van der Waals surface area contributed by atoms with Gasteiger partial charge in [0.2, 0.25) is 0 Å². The Balaban J connectivity index is 1.99. The van der Waals surface area contributed by atoms with Crippen molar-refractivity contribution >= 4 is 32.7 Å². The fraction of sp³-hybridized carbons (Fsp3) is 0.333. The van der Waals surface area contributed by atoms with Crippen molar-refractivity contribution in [2.24, 2.45) is 0 Å². The number of hydrogen-bond donors (Lipinski definition) is 0. The van der Waals surface area contributed by atoms with Crippen LogP contribution in [0.25, 0.3) is 10.8 Å². The number of halogens is 3. The summed E-state index contributed by atoms with van der Waals surface area (Å²) in [5.74, 6) is 3.28. The second kappa shape index (κ2) is 8.69. The highest BCUT2D eigenvalue weighted by Crippen LogP contribution is 2.33. The number of hydroxylamine groups is 2. The summed E-state index contributed by atoms with van der Waals surface area (Å²) in [4.78, 5) is 25.2. The molecule has 2 aromatic rings. The molecule has 0 N–H and O–H groups in total. The predicted molar refractivity (Wildman–Crippen MR) is 106 cm³/mol. The first-order valence-electron chi connectivity index (χ1n) is 9.52. The van der Waals surface area contributed by atoms with E-state index in [0.29, 0.717) is 17.4 Å². The number of amides is 2. The summed E-state index contributed by atoms with van der Waals surface area (Å²) in [5.41, 5.74) is -5.70. The molecule has 0 atom stereocenters. The van der Waals surface area contributed by atoms with E-state index in [4.69, 9.17) is 0 Å². The van der Waals surface area contributed by atoms with Crippen LogP contribution in [0.1, 0.15) is 65.3 Å². The molecule has 0 spiro atoms. The predicted octanol–water partition coefficient (Wildman–Crippen LogP) is 4.54. The molecule has 2 aromatic carbocycles. The highest BCUT2D eigenvalue weighted by atomic mass is 32.2. The average molecular weight is 453 g/mol. The zero-order valence-corrected chi connectivity index (χ0v) is 17.3. The third kappa shape index (κ3) is 4.57. The van der Waals surface area contributed by atoms with Crippen LogP contribution < -0.4 is 0 Å². The van der Waals surface area contributed by atoms with Gasteiger partial charge in [-0.05, 0) is 30.0 Å². The first-order chi connectivity index (χ1) is 14.6. The van der Waals surface area contributed by atoms with Gasteiger partial charge < -0.3 is 0 Å². The lowest BCUT2D eigenvalue weighted by Crippen LogP contribution is -2.44. The van der Waals surface area contributed by atoms with Crippen LogP contribution in [0.2, 0.25) is 0 Å². The summed E-state index contributed by atoms with van der Waals surface area (Å²) in [6.45, 7) is 2.09. The standard InChI is InChI=1S/C21H18F3NO5S/c1-2-3-4-5-6-7-9-14-12-15-10-8-11-16-18(15)17(13-14)20(27)25(19(16)26)30-31(28,29)21(22,23)24/h8,10-13H,2-6H2,1H3. The first-order valence-corrected chi connectivity index (χ1v) is 10.9. The molecular formula is C21H18F3NO5S. The van der Waals surface area contributed by atoms with Gasteiger partial charge in [0, 0.05) is 17.4 Å². The first kappa shape index (κ1) is 22.8. The normalized spacial score (nSPS) is 14.0. The third-order valence-electron chi connectivity index (χ3n) is 4.65. The molecule has 0 aromatic heterocycles. The molecule has 0 unspecified atom stereocenters. The summed E-state index contributed by atoms with van der Waals surface area (Å²) in [6, 6.07) is 7.34. The Hall–Kier alpha value is -2.90. The van der Waals surface area contributed by atoms with Gasteiger partial charge in [-0.25, -0.2) is 0 Å². The lowest BCUT2D eigenvalue weighted by Gasteiger charge is -2.25. The van der Waals surface area contributed by atoms with Crippen molar-refractivity contribution in [1.82, 2.24) is 5.06 Å². The van der Waals surface area contributed by atoms with E-state index < -0.39 is 27.4 Å². The second-order valence-electron chi connectivity index (χ2n) is 6.92. The smallest absolute Gasteiger partial charge is 0.266 e. The number of benzene rings is 2. The van der Waals surface area contributed by atoms with Crippen LogP contribution in [0, 0.1) is 11.8 Å². The number of carbonyl (C=O) groups excluding carboxylic acids is 2. The van der Waals surface area contributed by atoms with Gasteiger partial charge in [-0.15, -0.1) is 9.35 Å². The molecule has 31 heavy (non-hydrogen) atoms. The largest absolute Gasteiger partial charge is 0.525 e. The van der Waals surface area contributed by atoms with Crippen molar-refractivity contribution in [2.75, 3.05) is 0 Å². The fourth-order valence-electron chi connectivity index (χ4n) is 3.17. The molecule has 164 valence electrons. The van der Waals surface area contributed by atoms with Gasteiger partial charge in [-0.3, -0.25) is 9.59 Å². The summed E-state index contributed by atoms with van der Waals surface area (Å²) >= 11 is 0. The van der Waals surface area contributed by atoms with Crippen LogP contribution in [-0.4, -0.2) is 30.8 Å². The van der Waals surface area contributed by atoms with Gasteiger partial charge in [0.1, 0.15) is 0 Å². The van der Waals surface area contributed by atoms with Crippen LogP contribution in [-0.2, 0) is 14.4 Å². The fourth-order valence-corrected chi connectivity index (χ4v) is 3.59. The molecule has 0 saturated carbocycles. The van der Waals surface area contributed by atoms with Gasteiger partial charge in [0.25, 0.3) is 11.8 Å². The minimum absolute atomic E-state index is 0.149. The van der Waals surface area contributed by atoms with Crippen molar-refractivity contribution in [3.05, 3.63) is 47.0 Å². The number of rotatable bonds is 6. The van der Waals surface area contributed by atoms with E-state index in [-0.39, 0.29) is 21.6 Å². The van der Waals surface area contributed by atoms with Crippen molar-refractivity contribution in [3.8, 4) is 11.8 Å². The maximum Gasteiger partial charge on any atom is 0.525 e. The number of carbonyl (C=O) groups is 2. The molecule has 6 nitrogen and oxygen atoms in total. The van der Waals surface area contributed by atoms with Crippen LogP contribution in [0.4, 0.5) is 13.2 Å². The van der Waals surface area contributed by atoms with Crippen LogP contribution in [0.5, 0.6) is 0 Å². The third-order valence-corrected chi connectivity index (χ3v) is 5.56. The second-order valence-corrected chi connectivity index (χ2v) is 8.44. The summed E-state index contributed by atoms with van der Waals surface area (Å²) in [7, 11) is -6.21. The molecule has 10 heteroatoms. The quantitative estimate of drug-likeness (QED) is 0.278. The van der Waals surface area contributed by atoms with Gasteiger partial charge in [0.05, 0.1) is 11.1 Å². The van der Waals surface area contributed by atoms with Crippen LogP contribution >= 0.6 is 0 Å². The average Bonchev–Trinajstić information content (AvgIpc) is 2.70. The molecule has 3 rings (SSSR count). The SMILES string of the molecule is CCCCCCC#Cc1cc2c3c(cccc3c1)C(=O)N(OS(=O)(=O)C(F)(F)F)C2=O. The maximum atomic E-state index is 12.7. The molecule has 2 amide bonds. The number of unbranched alkanes of at least 4 members (excludes halogenated alkanes) is 4. The van der Waals surface area contributed by atoms with Crippen molar-refractivity contribution < 1.29 is 35.5 Å². The minimum Gasteiger partial charge on any atom is -0.266 e. The van der Waals surface area contributed by atoms with E-state index in [1.165, 1.54) is 18.2 Å². The Morgan fingerprint density at radius 2 is 1.74 bits per heavy atom. The Labute approximate surface area is 177 Å². The lowest BCUT2D eigenvalue weighted by molar-refractivity contribution is -0.0761. The zero-order chi connectivity index (χ0) is 22.8. The van der Waals surface area contributed by atoms with Gasteiger partial charge in [0.15, 0.2) is 0 Å². The molecule has 0 saturated heterocycles. The highest BCUT2D eigenvalue weighted by Gasteiger charge is 2.51. The molecular weight excluding hydrogens is 435 g/mol. The molecule has 1 aliphatic heterocycles. The summed E-state index contributed by atoms with van der Waals surface area (Å²) in [6.07, 6.45) is 4.78. The molecule has 1 aliphatic rings. The van der Waals surface area contributed by atoms with E-state index in [2.05, 4.69) is 23.0 Å². The number of alkyl halides is 3. The van der Waals surface area contributed by atoms with Crippen molar-refractivity contribution in [3.63, 3.8) is 0 Å². The van der Waals surface area contributed by atoms with Crippen LogP contribution in [0.3, 0.4) is 0 Å².